The van der Waals surface area contributed by atoms with Crippen molar-refractivity contribution < 1.29 is 18.0 Å². The second-order valence-electron chi connectivity index (χ2n) is 5.68. The molecule has 0 amide bonds. The molecule has 0 radical (unpaired) electrons. The van der Waals surface area contributed by atoms with E-state index in [4.69, 9.17) is 0 Å². The fraction of sp³-hybridized carbons (Fsp3) is 0.100. The van der Waals surface area contributed by atoms with Gasteiger partial charge in [0.1, 0.15) is 16.5 Å². The normalized spacial score (nSPS) is 11.1. The molecule has 0 atom stereocenters. The summed E-state index contributed by atoms with van der Waals surface area (Å²) in [5.74, 6) is -0.253. The number of ketones is 1. The van der Waals surface area contributed by atoms with Gasteiger partial charge in [-0.05, 0) is 30.5 Å². The van der Waals surface area contributed by atoms with E-state index in [1.165, 1.54) is 35.2 Å². The number of nitrogens with zero attached hydrogens (tertiary/aromatic N) is 1. The number of thioether (sulfide) groups is 1. The lowest BCUT2D eigenvalue weighted by atomic mass is 10.1. The molecule has 3 rings (SSSR count). The number of halogens is 3. The highest BCUT2D eigenvalue weighted by molar-refractivity contribution is 8.00. The Bertz CT molecular complexity index is 1040. The number of thiophene rings is 1. The van der Waals surface area contributed by atoms with E-state index in [2.05, 4.69) is 11.4 Å². The Labute approximate surface area is 167 Å². The summed E-state index contributed by atoms with van der Waals surface area (Å²) in [4.78, 5) is 13.3. The lowest BCUT2D eigenvalue weighted by molar-refractivity contribution is -0.137. The highest BCUT2D eigenvalue weighted by atomic mass is 32.2. The number of carbonyl (C=O) groups excluding carboxylic acids is 1. The minimum Gasteiger partial charge on any atom is -0.353 e. The molecular formula is C20H13F3N2OS2. The van der Waals surface area contributed by atoms with Crippen LogP contribution in [0, 0.1) is 11.3 Å². The Hall–Kier alpha value is -2.76. The van der Waals surface area contributed by atoms with Gasteiger partial charge >= 0.3 is 6.18 Å². The summed E-state index contributed by atoms with van der Waals surface area (Å²) < 4.78 is 39.0. The maximum absolute atomic E-state index is 12.9. The number of rotatable bonds is 5. The van der Waals surface area contributed by atoms with E-state index in [1.54, 1.807) is 36.6 Å². The van der Waals surface area contributed by atoms with Crippen molar-refractivity contribution in [2.45, 2.75) is 10.4 Å². The molecule has 0 bridgehead atoms. The summed E-state index contributed by atoms with van der Waals surface area (Å²) in [6, 6.07) is 15.2. The molecule has 0 saturated heterocycles. The minimum absolute atomic E-state index is 0.253. The van der Waals surface area contributed by atoms with E-state index in [0.29, 0.717) is 31.6 Å². The average molecular weight is 418 g/mol. The van der Waals surface area contributed by atoms with Gasteiger partial charge in [-0.25, -0.2) is 0 Å². The Morgan fingerprint density at radius 1 is 1.11 bits per heavy atom. The van der Waals surface area contributed by atoms with E-state index in [1.807, 2.05) is 0 Å². The molecule has 142 valence electrons. The first-order valence-electron chi connectivity index (χ1n) is 8.00. The van der Waals surface area contributed by atoms with Gasteiger partial charge in [0.25, 0.3) is 0 Å². The van der Waals surface area contributed by atoms with Gasteiger partial charge in [-0.1, -0.05) is 30.3 Å². The van der Waals surface area contributed by atoms with E-state index in [0.717, 1.165) is 12.1 Å². The SMILES string of the molecule is CSc1sc(C(=O)c2ccccc2)c(Nc2ccc(C(F)(F)F)cc2)c1C#N. The van der Waals surface area contributed by atoms with Crippen LogP contribution in [0.3, 0.4) is 0 Å². The zero-order valence-electron chi connectivity index (χ0n) is 14.5. The van der Waals surface area contributed by atoms with Crippen LogP contribution in [0.4, 0.5) is 24.5 Å². The molecule has 2 aromatic carbocycles. The van der Waals surface area contributed by atoms with Gasteiger partial charge in [0.2, 0.25) is 5.78 Å². The van der Waals surface area contributed by atoms with Crippen molar-refractivity contribution in [2.24, 2.45) is 0 Å². The highest BCUT2D eigenvalue weighted by Crippen LogP contribution is 2.41. The molecule has 0 aliphatic carbocycles. The summed E-state index contributed by atoms with van der Waals surface area (Å²) in [5, 5.41) is 12.5. The Kier molecular flexibility index (Phi) is 5.77. The predicted octanol–water partition coefficient (Wildman–Crippen LogP) is 6.34. The fourth-order valence-electron chi connectivity index (χ4n) is 2.54. The minimum atomic E-state index is -4.43. The lowest BCUT2D eigenvalue weighted by Crippen LogP contribution is -2.05. The number of nitriles is 1. The van der Waals surface area contributed by atoms with Gasteiger partial charge in [-0.3, -0.25) is 4.79 Å². The quantitative estimate of drug-likeness (QED) is 0.388. The van der Waals surface area contributed by atoms with Crippen LogP contribution < -0.4 is 5.32 Å². The average Bonchev–Trinajstić information content (AvgIpc) is 3.05. The summed E-state index contributed by atoms with van der Waals surface area (Å²) in [6.07, 6.45) is -2.63. The molecule has 0 saturated carbocycles. The van der Waals surface area contributed by atoms with Crippen LogP contribution >= 0.6 is 23.1 Å². The second kappa shape index (κ2) is 8.09. The number of benzene rings is 2. The first-order chi connectivity index (χ1) is 13.3. The van der Waals surface area contributed by atoms with E-state index >= 15 is 0 Å². The van der Waals surface area contributed by atoms with Crippen LogP contribution in [-0.2, 0) is 6.18 Å². The molecule has 0 aliphatic rings. The first-order valence-corrected chi connectivity index (χ1v) is 10.0. The van der Waals surface area contributed by atoms with Crippen LogP contribution in [0.15, 0.2) is 58.8 Å². The van der Waals surface area contributed by atoms with Gasteiger partial charge < -0.3 is 5.32 Å². The number of hydrogen-bond acceptors (Lipinski definition) is 5. The van der Waals surface area contributed by atoms with Crippen molar-refractivity contribution in [1.29, 1.82) is 5.26 Å². The molecule has 8 heteroatoms. The molecule has 0 fully saturated rings. The summed E-state index contributed by atoms with van der Waals surface area (Å²) >= 11 is 2.53. The van der Waals surface area contributed by atoms with Gasteiger partial charge in [-0.15, -0.1) is 23.1 Å². The number of carbonyl (C=O) groups is 1. The highest BCUT2D eigenvalue weighted by Gasteiger charge is 2.30. The van der Waals surface area contributed by atoms with Gasteiger partial charge in [0.15, 0.2) is 0 Å². The van der Waals surface area contributed by atoms with Crippen molar-refractivity contribution in [3.63, 3.8) is 0 Å². The number of anilines is 2. The third-order valence-electron chi connectivity index (χ3n) is 3.90. The lowest BCUT2D eigenvalue weighted by Gasteiger charge is -2.10. The fourth-order valence-corrected chi connectivity index (χ4v) is 4.38. The summed E-state index contributed by atoms with van der Waals surface area (Å²) in [6.45, 7) is 0. The zero-order chi connectivity index (χ0) is 20.3. The molecule has 0 spiro atoms. The Morgan fingerprint density at radius 3 is 2.29 bits per heavy atom. The maximum Gasteiger partial charge on any atom is 0.416 e. The van der Waals surface area contributed by atoms with E-state index in [9.17, 15) is 23.2 Å². The molecule has 28 heavy (non-hydrogen) atoms. The van der Waals surface area contributed by atoms with E-state index < -0.39 is 11.7 Å². The predicted molar refractivity (Wildman–Crippen MR) is 105 cm³/mol. The van der Waals surface area contributed by atoms with Gasteiger partial charge in [0.05, 0.1) is 15.5 Å². The molecule has 0 aliphatic heterocycles. The van der Waals surface area contributed by atoms with Gasteiger partial charge in [-0.2, -0.15) is 18.4 Å². The summed E-state index contributed by atoms with van der Waals surface area (Å²) in [5.41, 5.74) is 0.671. The zero-order valence-corrected chi connectivity index (χ0v) is 16.1. The maximum atomic E-state index is 12.9. The molecule has 3 aromatic rings. The molecule has 0 unspecified atom stereocenters. The van der Waals surface area contributed by atoms with Gasteiger partial charge in [0, 0.05) is 11.3 Å². The molecular weight excluding hydrogens is 405 g/mol. The van der Waals surface area contributed by atoms with E-state index in [-0.39, 0.29) is 5.78 Å². The number of nitrogens with one attached hydrogen (secondary N) is 1. The first kappa shape index (κ1) is 20.0. The molecule has 1 aromatic heterocycles. The van der Waals surface area contributed by atoms with Crippen LogP contribution in [0.1, 0.15) is 26.4 Å². The smallest absolute Gasteiger partial charge is 0.353 e. The Balaban J connectivity index is 2.03. The van der Waals surface area contributed by atoms with Crippen molar-refractivity contribution >= 4 is 40.3 Å². The number of alkyl halides is 3. The third-order valence-corrected chi connectivity index (χ3v) is 6.20. The monoisotopic (exact) mass is 418 g/mol. The van der Waals surface area contributed by atoms with Crippen molar-refractivity contribution in [3.8, 4) is 6.07 Å². The Morgan fingerprint density at radius 2 is 1.75 bits per heavy atom. The molecule has 1 heterocycles. The van der Waals surface area contributed by atoms with Crippen LogP contribution in [0.5, 0.6) is 0 Å². The standard InChI is InChI=1S/C20H13F3N2OS2/c1-27-19-15(11-24)16(18(28-19)17(26)12-5-3-2-4-6-12)25-14-9-7-13(8-10-14)20(21,22)23/h2-10,25H,1H3. The topological polar surface area (TPSA) is 52.9 Å². The summed E-state index contributed by atoms with van der Waals surface area (Å²) in [7, 11) is 0. The molecule has 3 nitrogen and oxygen atoms in total. The largest absolute Gasteiger partial charge is 0.416 e. The van der Waals surface area contributed by atoms with Crippen LogP contribution in [-0.4, -0.2) is 12.0 Å². The molecule has 1 N–H and O–H groups in total. The second-order valence-corrected chi connectivity index (χ2v) is 7.78. The number of hydrogen-bond donors (Lipinski definition) is 1. The van der Waals surface area contributed by atoms with Crippen molar-refractivity contribution in [2.75, 3.05) is 11.6 Å². The van der Waals surface area contributed by atoms with Crippen LogP contribution in [0.2, 0.25) is 0 Å². The van der Waals surface area contributed by atoms with Crippen molar-refractivity contribution in [1.82, 2.24) is 0 Å². The van der Waals surface area contributed by atoms with Crippen LogP contribution in [0.25, 0.3) is 0 Å². The van der Waals surface area contributed by atoms with Crippen molar-refractivity contribution in [3.05, 3.63) is 76.2 Å². The third kappa shape index (κ3) is 4.06.